The lowest BCUT2D eigenvalue weighted by Crippen LogP contribution is -2.19. The lowest BCUT2D eigenvalue weighted by atomic mass is 9.95. The van der Waals surface area contributed by atoms with Gasteiger partial charge in [0.25, 0.3) is 0 Å². The molecule has 3 nitrogen and oxygen atoms in total. The number of ketones is 1. The Bertz CT molecular complexity index is 1070. The number of hydrogen-bond donors (Lipinski definition) is 0. The Hall–Kier alpha value is -2.36. The minimum absolute atomic E-state index is 0. The molecule has 3 aromatic carbocycles. The van der Waals surface area contributed by atoms with Crippen molar-refractivity contribution in [3.8, 4) is 16.9 Å². The number of aryl methyl sites for hydroxylation is 2. The molecule has 0 aliphatic heterocycles. The second kappa shape index (κ2) is 8.56. The highest BCUT2D eigenvalue weighted by Gasteiger charge is 2.30. The molecule has 0 aromatic heterocycles. The predicted molar refractivity (Wildman–Crippen MR) is 123 cm³/mol. The topological polar surface area (TPSA) is 29.5 Å². The first-order chi connectivity index (χ1) is 13.5. The van der Waals surface area contributed by atoms with E-state index in [9.17, 15) is 4.79 Å². The summed E-state index contributed by atoms with van der Waals surface area (Å²) in [5, 5.41) is 2.20. The zero-order chi connectivity index (χ0) is 19.8. The number of benzene rings is 3. The molecule has 0 N–H and O–H groups in total. The molecule has 0 amide bonds. The maximum absolute atomic E-state index is 13.2. The molecule has 1 aliphatic rings. The third-order valence-electron chi connectivity index (χ3n) is 5.62. The fraction of sp³-hybridized carbons (Fsp3) is 0.320. The Kier molecular flexibility index (Phi) is 6.30. The molecular formula is C25H28ClNO2. The van der Waals surface area contributed by atoms with Gasteiger partial charge < -0.3 is 9.64 Å². The molecule has 0 saturated carbocycles. The van der Waals surface area contributed by atoms with E-state index < -0.39 is 0 Å². The average molecular weight is 410 g/mol. The highest BCUT2D eigenvalue weighted by Crippen LogP contribution is 2.45. The standard InChI is InChI=1S/C25H27NO2.ClH/c1-5-16-7-9-18-20(13-16)23(28-12-11-26(3)4)15-22-24(18)19-10-8-17(6-2)14-21(19)25(22)27;/h7-10,13-15H,5-6,11-12H2,1-4H3;1H. The van der Waals surface area contributed by atoms with Crippen LogP contribution >= 0.6 is 12.4 Å². The molecule has 0 saturated heterocycles. The van der Waals surface area contributed by atoms with Crippen LogP contribution in [0.3, 0.4) is 0 Å². The molecule has 0 spiro atoms. The van der Waals surface area contributed by atoms with Crippen LogP contribution in [0.25, 0.3) is 21.9 Å². The summed E-state index contributed by atoms with van der Waals surface area (Å²) < 4.78 is 6.15. The minimum atomic E-state index is 0. The molecule has 0 atom stereocenters. The summed E-state index contributed by atoms with van der Waals surface area (Å²) in [7, 11) is 4.07. The Morgan fingerprint density at radius 2 is 1.52 bits per heavy atom. The van der Waals surface area contributed by atoms with Gasteiger partial charge in [0, 0.05) is 28.6 Å². The van der Waals surface area contributed by atoms with Crippen molar-refractivity contribution in [1.82, 2.24) is 4.90 Å². The van der Waals surface area contributed by atoms with E-state index in [0.29, 0.717) is 6.61 Å². The summed E-state index contributed by atoms with van der Waals surface area (Å²) in [6.07, 6.45) is 1.90. The fourth-order valence-electron chi connectivity index (χ4n) is 3.95. The van der Waals surface area contributed by atoms with Crippen LogP contribution in [0.5, 0.6) is 5.75 Å². The zero-order valence-corrected chi connectivity index (χ0v) is 18.4. The van der Waals surface area contributed by atoms with Crippen molar-refractivity contribution in [3.05, 3.63) is 64.7 Å². The number of ether oxygens (including phenoxy) is 1. The number of carbonyl (C=O) groups is 1. The van der Waals surface area contributed by atoms with Crippen LogP contribution in [-0.2, 0) is 12.8 Å². The van der Waals surface area contributed by atoms with Crippen LogP contribution in [0.2, 0.25) is 0 Å². The number of carbonyl (C=O) groups excluding carboxylic acids is 1. The molecule has 0 fully saturated rings. The summed E-state index contributed by atoms with van der Waals surface area (Å²) in [6, 6.07) is 14.8. The number of fused-ring (bicyclic) bond motifs is 5. The molecule has 0 radical (unpaired) electrons. The van der Waals surface area contributed by atoms with Gasteiger partial charge in [-0.05, 0) is 67.2 Å². The van der Waals surface area contributed by atoms with E-state index in [0.717, 1.165) is 58.2 Å². The van der Waals surface area contributed by atoms with Crippen molar-refractivity contribution in [2.24, 2.45) is 0 Å². The van der Waals surface area contributed by atoms with Crippen LogP contribution in [0.15, 0.2) is 42.5 Å². The van der Waals surface area contributed by atoms with Gasteiger partial charge in [0.1, 0.15) is 12.4 Å². The Balaban J connectivity index is 0.00000240. The lowest BCUT2D eigenvalue weighted by molar-refractivity contribution is 0.104. The van der Waals surface area contributed by atoms with Gasteiger partial charge in [-0.1, -0.05) is 38.1 Å². The van der Waals surface area contributed by atoms with Gasteiger partial charge in [-0.15, -0.1) is 12.4 Å². The molecular weight excluding hydrogens is 382 g/mol. The number of likely N-dealkylation sites (N-methyl/N-ethyl adjacent to an activating group) is 1. The first-order valence-electron chi connectivity index (χ1n) is 10.1. The van der Waals surface area contributed by atoms with Gasteiger partial charge in [0.15, 0.2) is 5.78 Å². The second-order valence-electron chi connectivity index (χ2n) is 7.75. The van der Waals surface area contributed by atoms with Crippen LogP contribution in [-0.4, -0.2) is 37.9 Å². The Morgan fingerprint density at radius 3 is 2.21 bits per heavy atom. The van der Waals surface area contributed by atoms with Gasteiger partial charge in [0.2, 0.25) is 0 Å². The van der Waals surface area contributed by atoms with Crippen molar-refractivity contribution in [3.63, 3.8) is 0 Å². The van der Waals surface area contributed by atoms with E-state index in [1.54, 1.807) is 0 Å². The number of nitrogens with zero attached hydrogens (tertiary/aromatic N) is 1. The van der Waals surface area contributed by atoms with E-state index in [-0.39, 0.29) is 18.2 Å². The number of rotatable bonds is 6. The van der Waals surface area contributed by atoms with Gasteiger partial charge >= 0.3 is 0 Å². The summed E-state index contributed by atoms with van der Waals surface area (Å²) in [5.74, 6) is 0.919. The summed E-state index contributed by atoms with van der Waals surface area (Å²) in [4.78, 5) is 15.3. The summed E-state index contributed by atoms with van der Waals surface area (Å²) in [6.45, 7) is 5.71. The zero-order valence-electron chi connectivity index (χ0n) is 17.5. The molecule has 0 unspecified atom stereocenters. The van der Waals surface area contributed by atoms with Gasteiger partial charge in [-0.25, -0.2) is 0 Å². The van der Waals surface area contributed by atoms with Crippen molar-refractivity contribution < 1.29 is 9.53 Å². The fourth-order valence-corrected chi connectivity index (χ4v) is 3.95. The molecule has 1 aliphatic carbocycles. The number of hydrogen-bond acceptors (Lipinski definition) is 3. The van der Waals surface area contributed by atoms with E-state index in [1.165, 1.54) is 11.1 Å². The highest BCUT2D eigenvalue weighted by atomic mass is 35.5. The van der Waals surface area contributed by atoms with E-state index in [1.807, 2.05) is 20.2 Å². The molecule has 29 heavy (non-hydrogen) atoms. The van der Waals surface area contributed by atoms with Crippen molar-refractivity contribution in [2.75, 3.05) is 27.2 Å². The molecule has 0 bridgehead atoms. The molecule has 3 aromatic rings. The maximum atomic E-state index is 13.2. The van der Waals surface area contributed by atoms with Crippen molar-refractivity contribution in [1.29, 1.82) is 0 Å². The third-order valence-corrected chi connectivity index (χ3v) is 5.62. The Morgan fingerprint density at radius 1 is 0.828 bits per heavy atom. The SMILES string of the molecule is CCc1ccc2c(c1)C(=O)c1cc(OCCN(C)C)c3cc(CC)ccc3c1-2.Cl. The third kappa shape index (κ3) is 3.77. The maximum Gasteiger partial charge on any atom is 0.194 e. The molecule has 4 rings (SSSR count). The van der Waals surface area contributed by atoms with E-state index in [4.69, 9.17) is 4.74 Å². The second-order valence-corrected chi connectivity index (χ2v) is 7.75. The summed E-state index contributed by atoms with van der Waals surface area (Å²) >= 11 is 0. The van der Waals surface area contributed by atoms with Crippen LogP contribution in [0.1, 0.15) is 40.9 Å². The minimum Gasteiger partial charge on any atom is -0.492 e. The lowest BCUT2D eigenvalue weighted by Gasteiger charge is -2.16. The van der Waals surface area contributed by atoms with E-state index in [2.05, 4.69) is 55.1 Å². The first-order valence-corrected chi connectivity index (χ1v) is 10.1. The molecule has 0 heterocycles. The van der Waals surface area contributed by atoms with Crippen LogP contribution < -0.4 is 4.74 Å². The quantitative estimate of drug-likeness (QED) is 0.418. The summed E-state index contributed by atoms with van der Waals surface area (Å²) in [5.41, 5.74) is 6.16. The van der Waals surface area contributed by atoms with Crippen LogP contribution in [0, 0.1) is 0 Å². The normalized spacial score (nSPS) is 12.1. The van der Waals surface area contributed by atoms with Crippen molar-refractivity contribution >= 4 is 29.0 Å². The number of halogens is 1. The smallest absolute Gasteiger partial charge is 0.194 e. The van der Waals surface area contributed by atoms with Gasteiger partial charge in [0.05, 0.1) is 0 Å². The Labute approximate surface area is 179 Å². The van der Waals surface area contributed by atoms with Gasteiger partial charge in [-0.2, -0.15) is 0 Å². The highest BCUT2D eigenvalue weighted by molar-refractivity contribution is 6.26. The first kappa shape index (κ1) is 21.4. The van der Waals surface area contributed by atoms with Gasteiger partial charge in [-0.3, -0.25) is 4.79 Å². The predicted octanol–water partition coefficient (Wildman–Crippen LogP) is 5.54. The average Bonchev–Trinajstić information content (AvgIpc) is 2.99. The largest absolute Gasteiger partial charge is 0.492 e. The molecule has 4 heteroatoms. The molecule has 152 valence electrons. The van der Waals surface area contributed by atoms with Crippen molar-refractivity contribution in [2.45, 2.75) is 26.7 Å². The monoisotopic (exact) mass is 409 g/mol. The van der Waals surface area contributed by atoms with E-state index >= 15 is 0 Å². The van der Waals surface area contributed by atoms with Crippen LogP contribution in [0.4, 0.5) is 0 Å².